The van der Waals surface area contributed by atoms with Crippen LogP contribution in [0.3, 0.4) is 0 Å². The lowest BCUT2D eigenvalue weighted by atomic mass is 10.1. The van der Waals surface area contributed by atoms with Crippen molar-refractivity contribution in [1.29, 1.82) is 0 Å². The summed E-state index contributed by atoms with van der Waals surface area (Å²) in [4.78, 5) is 21.3. The molecule has 0 radical (unpaired) electrons. The second-order valence-electron chi connectivity index (χ2n) is 6.70. The Balaban J connectivity index is 1.53. The molecule has 0 aliphatic rings. The minimum atomic E-state index is -0.778. The molecule has 1 N–H and O–H groups in total. The highest BCUT2D eigenvalue weighted by molar-refractivity contribution is 6.35. The molecule has 1 atom stereocenters. The van der Waals surface area contributed by atoms with Crippen molar-refractivity contribution in [1.82, 2.24) is 9.97 Å². The number of pyridine rings is 1. The fraction of sp³-hybridized carbons (Fsp3) is 0.136. The molecule has 0 saturated heterocycles. The van der Waals surface area contributed by atoms with Crippen LogP contribution < -0.4 is 10.1 Å². The SMILES string of the molecule is Cc1ccc(-c2nc3ncccc3o2)cc1NC(=O)C(C)Oc1ccc(Cl)cc1Cl. The highest BCUT2D eigenvalue weighted by atomic mass is 35.5. The summed E-state index contributed by atoms with van der Waals surface area (Å²) in [5.74, 6) is 0.491. The van der Waals surface area contributed by atoms with Gasteiger partial charge in [0.15, 0.2) is 17.3 Å². The third-order valence-corrected chi connectivity index (χ3v) is 5.00. The largest absolute Gasteiger partial charge is 0.479 e. The molecule has 0 bridgehead atoms. The number of ether oxygens (including phenoxy) is 1. The number of aryl methyl sites for hydroxylation is 1. The number of carbonyl (C=O) groups is 1. The highest BCUT2D eigenvalue weighted by Crippen LogP contribution is 2.30. The minimum Gasteiger partial charge on any atom is -0.479 e. The predicted molar refractivity (Wildman–Crippen MR) is 117 cm³/mol. The van der Waals surface area contributed by atoms with Gasteiger partial charge in [-0.1, -0.05) is 29.3 Å². The van der Waals surface area contributed by atoms with Crippen LogP contribution in [0.4, 0.5) is 5.69 Å². The molecule has 2 heterocycles. The van der Waals surface area contributed by atoms with Crippen molar-refractivity contribution in [2.45, 2.75) is 20.0 Å². The lowest BCUT2D eigenvalue weighted by molar-refractivity contribution is -0.122. The van der Waals surface area contributed by atoms with E-state index in [1.807, 2.05) is 19.1 Å². The number of rotatable bonds is 5. The van der Waals surface area contributed by atoms with Gasteiger partial charge in [0.25, 0.3) is 5.91 Å². The van der Waals surface area contributed by atoms with Gasteiger partial charge in [-0.2, -0.15) is 4.98 Å². The van der Waals surface area contributed by atoms with E-state index < -0.39 is 6.10 Å². The molecule has 2 aromatic heterocycles. The fourth-order valence-electron chi connectivity index (χ4n) is 2.83. The Hall–Kier alpha value is -3.09. The number of benzene rings is 2. The third kappa shape index (κ3) is 4.25. The molecule has 0 fully saturated rings. The lowest BCUT2D eigenvalue weighted by Crippen LogP contribution is -2.30. The molecular formula is C22H17Cl2N3O3. The molecule has 6 nitrogen and oxygen atoms in total. The maximum absolute atomic E-state index is 12.7. The molecule has 0 saturated carbocycles. The van der Waals surface area contributed by atoms with Crippen LogP contribution in [0.5, 0.6) is 5.75 Å². The van der Waals surface area contributed by atoms with Crippen molar-refractivity contribution in [3.05, 3.63) is 70.3 Å². The van der Waals surface area contributed by atoms with Crippen LogP contribution in [-0.2, 0) is 4.79 Å². The van der Waals surface area contributed by atoms with Gasteiger partial charge in [0.05, 0.1) is 5.02 Å². The van der Waals surface area contributed by atoms with E-state index >= 15 is 0 Å². The Morgan fingerprint density at radius 3 is 2.77 bits per heavy atom. The highest BCUT2D eigenvalue weighted by Gasteiger charge is 2.18. The number of nitrogens with zero attached hydrogens (tertiary/aromatic N) is 2. The molecule has 1 amide bonds. The second kappa shape index (κ2) is 8.34. The van der Waals surface area contributed by atoms with Crippen molar-refractivity contribution >= 4 is 46.0 Å². The molecular weight excluding hydrogens is 425 g/mol. The van der Waals surface area contributed by atoms with Crippen LogP contribution in [0, 0.1) is 6.92 Å². The number of nitrogens with one attached hydrogen (secondary N) is 1. The van der Waals surface area contributed by atoms with Gasteiger partial charge >= 0.3 is 0 Å². The first-order valence-electron chi connectivity index (χ1n) is 9.16. The summed E-state index contributed by atoms with van der Waals surface area (Å²) >= 11 is 12.0. The second-order valence-corrected chi connectivity index (χ2v) is 7.54. The van der Waals surface area contributed by atoms with Crippen molar-refractivity contribution < 1.29 is 13.9 Å². The van der Waals surface area contributed by atoms with Crippen LogP contribution in [0.2, 0.25) is 10.0 Å². The lowest BCUT2D eigenvalue weighted by Gasteiger charge is -2.17. The Morgan fingerprint density at radius 2 is 2.00 bits per heavy atom. The summed E-state index contributed by atoms with van der Waals surface area (Å²) < 4.78 is 11.5. The van der Waals surface area contributed by atoms with E-state index in [-0.39, 0.29) is 5.91 Å². The number of aromatic nitrogens is 2. The number of anilines is 1. The summed E-state index contributed by atoms with van der Waals surface area (Å²) in [5, 5.41) is 3.72. The molecule has 0 aliphatic carbocycles. The van der Waals surface area contributed by atoms with Crippen LogP contribution >= 0.6 is 23.2 Å². The summed E-state index contributed by atoms with van der Waals surface area (Å²) in [6.07, 6.45) is 0.879. The first kappa shape index (κ1) is 20.2. The zero-order valence-corrected chi connectivity index (χ0v) is 17.7. The van der Waals surface area contributed by atoms with E-state index in [1.54, 1.807) is 49.5 Å². The Labute approximate surface area is 182 Å². The van der Waals surface area contributed by atoms with Gasteiger partial charge in [0.1, 0.15) is 5.75 Å². The molecule has 1 unspecified atom stereocenters. The summed E-state index contributed by atoms with van der Waals surface area (Å²) in [6, 6.07) is 14.0. The van der Waals surface area contributed by atoms with Crippen molar-refractivity contribution in [3.8, 4) is 17.2 Å². The summed E-state index contributed by atoms with van der Waals surface area (Å²) in [7, 11) is 0. The number of hydrogen-bond donors (Lipinski definition) is 1. The molecule has 0 aliphatic heterocycles. The third-order valence-electron chi connectivity index (χ3n) is 4.47. The van der Waals surface area contributed by atoms with Gasteiger partial charge < -0.3 is 14.5 Å². The first-order valence-corrected chi connectivity index (χ1v) is 9.91. The predicted octanol–water partition coefficient (Wildman–Crippen LogP) is 5.91. The van der Waals surface area contributed by atoms with Gasteiger partial charge in [0, 0.05) is 22.5 Å². The number of hydrogen-bond acceptors (Lipinski definition) is 5. The smallest absolute Gasteiger partial charge is 0.265 e. The number of oxazole rings is 1. The quantitative estimate of drug-likeness (QED) is 0.416. The van der Waals surface area contributed by atoms with Gasteiger partial charge in [0.2, 0.25) is 5.89 Å². The topological polar surface area (TPSA) is 77.3 Å². The molecule has 30 heavy (non-hydrogen) atoms. The van der Waals surface area contributed by atoms with E-state index in [9.17, 15) is 4.79 Å². The van der Waals surface area contributed by atoms with Gasteiger partial charge in [-0.05, 0) is 61.9 Å². The monoisotopic (exact) mass is 441 g/mol. The Kier molecular flexibility index (Phi) is 5.61. The van der Waals surface area contributed by atoms with E-state index in [0.29, 0.717) is 38.6 Å². The maximum Gasteiger partial charge on any atom is 0.265 e. The molecule has 152 valence electrons. The molecule has 0 spiro atoms. The first-order chi connectivity index (χ1) is 14.4. The van der Waals surface area contributed by atoms with Crippen LogP contribution in [0.25, 0.3) is 22.7 Å². The van der Waals surface area contributed by atoms with E-state index in [1.165, 1.54) is 0 Å². The summed E-state index contributed by atoms with van der Waals surface area (Å²) in [6.45, 7) is 3.54. The van der Waals surface area contributed by atoms with Crippen LogP contribution in [0.1, 0.15) is 12.5 Å². The van der Waals surface area contributed by atoms with Crippen molar-refractivity contribution in [2.24, 2.45) is 0 Å². The average Bonchev–Trinajstić information content (AvgIpc) is 3.16. The normalized spacial score (nSPS) is 12.0. The number of fused-ring (bicyclic) bond motifs is 1. The Bertz CT molecular complexity index is 1210. The van der Waals surface area contributed by atoms with E-state index in [2.05, 4.69) is 15.3 Å². The number of halogens is 2. The van der Waals surface area contributed by atoms with Crippen molar-refractivity contribution in [3.63, 3.8) is 0 Å². The molecule has 4 aromatic rings. The Morgan fingerprint density at radius 1 is 1.17 bits per heavy atom. The fourth-order valence-corrected chi connectivity index (χ4v) is 3.28. The summed E-state index contributed by atoms with van der Waals surface area (Å²) in [5.41, 5.74) is 3.37. The van der Waals surface area contributed by atoms with Crippen molar-refractivity contribution in [2.75, 3.05) is 5.32 Å². The van der Waals surface area contributed by atoms with Gasteiger partial charge in [-0.15, -0.1) is 0 Å². The number of amides is 1. The standard InChI is InChI=1S/C22H17Cl2N3O3/c1-12-5-6-14(22-27-20-19(30-22)4-3-9-25-20)10-17(12)26-21(28)13(2)29-18-8-7-15(23)11-16(18)24/h3-11,13H,1-2H3,(H,26,28). The average molecular weight is 442 g/mol. The zero-order chi connectivity index (χ0) is 21.3. The maximum atomic E-state index is 12.7. The molecule has 2 aromatic carbocycles. The van der Waals surface area contributed by atoms with E-state index in [0.717, 1.165) is 11.1 Å². The van der Waals surface area contributed by atoms with Crippen LogP contribution in [-0.4, -0.2) is 22.0 Å². The van der Waals surface area contributed by atoms with Gasteiger partial charge in [-0.3, -0.25) is 4.79 Å². The molecule has 4 rings (SSSR count). The zero-order valence-electron chi connectivity index (χ0n) is 16.1. The minimum absolute atomic E-state index is 0.319. The number of carbonyl (C=O) groups excluding carboxylic acids is 1. The molecule has 8 heteroatoms. The van der Waals surface area contributed by atoms with E-state index in [4.69, 9.17) is 32.4 Å². The van der Waals surface area contributed by atoms with Crippen LogP contribution in [0.15, 0.2) is 59.1 Å². The van der Waals surface area contributed by atoms with Gasteiger partial charge in [-0.25, -0.2) is 4.98 Å².